The highest BCUT2D eigenvalue weighted by atomic mass is 16.4. The molecule has 0 radical (unpaired) electrons. The summed E-state index contributed by atoms with van der Waals surface area (Å²) in [4.78, 5) is 13.4. The Morgan fingerprint density at radius 1 is 0.238 bits per heavy atom. The van der Waals surface area contributed by atoms with Gasteiger partial charge in [0.1, 0.15) is 0 Å². The molecule has 0 aromatic heterocycles. The van der Waals surface area contributed by atoms with Crippen LogP contribution in [0.2, 0.25) is 0 Å². The first-order valence-corrected chi connectivity index (χ1v) is 21.4. The van der Waals surface area contributed by atoms with Crippen molar-refractivity contribution in [1.29, 1.82) is 0 Å². The van der Waals surface area contributed by atoms with Crippen LogP contribution in [-0.4, -0.2) is 11.1 Å². The van der Waals surface area contributed by atoms with Gasteiger partial charge in [-0.15, -0.1) is 0 Å². The molecule has 0 aliphatic rings. The highest BCUT2D eigenvalue weighted by Gasteiger charge is 2.26. The minimum atomic E-state index is -0.957. The van der Waals surface area contributed by atoms with Crippen molar-refractivity contribution < 1.29 is 9.90 Å². The average molecular weight is 803 g/mol. The van der Waals surface area contributed by atoms with Gasteiger partial charge in [0.05, 0.1) is 5.56 Å². The molecule has 0 aliphatic carbocycles. The lowest BCUT2D eigenvalue weighted by Crippen LogP contribution is -2.02. The second-order valence-electron chi connectivity index (χ2n) is 16.4. The molecule has 0 saturated carbocycles. The summed E-state index contributed by atoms with van der Waals surface area (Å²) in [6.07, 6.45) is 0. The Balaban J connectivity index is 1.27. The van der Waals surface area contributed by atoms with E-state index in [0.29, 0.717) is 0 Å². The lowest BCUT2D eigenvalue weighted by atomic mass is 9.78. The third-order valence-corrected chi connectivity index (χ3v) is 13.0. The Morgan fingerprint density at radius 2 is 0.540 bits per heavy atom. The molecule has 0 aliphatic heterocycles. The van der Waals surface area contributed by atoms with Crippen LogP contribution < -0.4 is 0 Å². The number of hydrogen-bond donors (Lipinski definition) is 1. The summed E-state index contributed by atoms with van der Waals surface area (Å²) in [6, 6.07) is 79.6. The largest absolute Gasteiger partial charge is 0.478 e. The molecule has 2 nitrogen and oxygen atoms in total. The molecule has 63 heavy (non-hydrogen) atoms. The van der Waals surface area contributed by atoms with Crippen molar-refractivity contribution in [2.45, 2.75) is 0 Å². The summed E-state index contributed by atoms with van der Waals surface area (Å²) in [5.41, 5.74) is 10.8. The summed E-state index contributed by atoms with van der Waals surface area (Å²) in [5.74, 6) is -0.957. The zero-order valence-electron chi connectivity index (χ0n) is 34.2. The predicted octanol–water partition coefficient (Wildman–Crippen LogP) is 16.6. The Morgan fingerprint density at radius 3 is 0.984 bits per heavy atom. The molecule has 12 aromatic rings. The fourth-order valence-corrected chi connectivity index (χ4v) is 10.3. The van der Waals surface area contributed by atoms with Gasteiger partial charge in [0.15, 0.2) is 0 Å². The van der Waals surface area contributed by atoms with E-state index in [-0.39, 0.29) is 5.56 Å². The van der Waals surface area contributed by atoms with E-state index in [9.17, 15) is 9.90 Å². The van der Waals surface area contributed by atoms with Gasteiger partial charge in [-0.25, -0.2) is 4.79 Å². The molecule has 0 fully saturated rings. The molecule has 12 rings (SSSR count). The van der Waals surface area contributed by atoms with Gasteiger partial charge in [0.25, 0.3) is 0 Å². The molecule has 0 bridgehead atoms. The van der Waals surface area contributed by atoms with Crippen LogP contribution in [0.5, 0.6) is 0 Å². The molecule has 0 amide bonds. The molecule has 0 unspecified atom stereocenters. The molecule has 2 heteroatoms. The minimum absolute atomic E-state index is 0.273. The lowest BCUT2D eigenvalue weighted by molar-refractivity contribution is 0.0698. The first-order chi connectivity index (χ1) is 31.1. The van der Waals surface area contributed by atoms with Crippen molar-refractivity contribution in [3.63, 3.8) is 0 Å². The van der Waals surface area contributed by atoms with E-state index in [4.69, 9.17) is 0 Å². The summed E-state index contributed by atoms with van der Waals surface area (Å²) in [5, 5.41) is 24.1. The van der Waals surface area contributed by atoms with Crippen LogP contribution in [-0.2, 0) is 0 Å². The molecule has 0 heterocycles. The summed E-state index contributed by atoms with van der Waals surface area (Å²) >= 11 is 0. The number of fused-ring (bicyclic) bond motifs is 6. The molecule has 0 saturated heterocycles. The van der Waals surface area contributed by atoms with Gasteiger partial charge in [-0.1, -0.05) is 218 Å². The van der Waals surface area contributed by atoms with Crippen molar-refractivity contribution in [2.75, 3.05) is 0 Å². The summed E-state index contributed by atoms with van der Waals surface area (Å²) < 4.78 is 0. The fraction of sp³-hybridized carbons (Fsp3) is 0. The molecule has 294 valence electrons. The van der Waals surface area contributed by atoms with Crippen molar-refractivity contribution in [3.05, 3.63) is 230 Å². The van der Waals surface area contributed by atoms with Gasteiger partial charge in [-0.05, 0) is 121 Å². The number of hydrogen-bond acceptors (Lipinski definition) is 1. The topological polar surface area (TPSA) is 37.3 Å². The van der Waals surface area contributed by atoms with E-state index in [1.54, 1.807) is 6.07 Å². The molecule has 0 spiro atoms. The third-order valence-electron chi connectivity index (χ3n) is 13.0. The van der Waals surface area contributed by atoms with Crippen molar-refractivity contribution >= 4 is 70.6 Å². The zero-order chi connectivity index (χ0) is 42.0. The monoisotopic (exact) mass is 802 g/mol. The normalized spacial score (nSPS) is 11.6. The number of benzene rings is 12. The van der Waals surface area contributed by atoms with Crippen molar-refractivity contribution in [2.24, 2.45) is 0 Å². The summed E-state index contributed by atoms with van der Waals surface area (Å²) in [7, 11) is 0. The van der Waals surface area contributed by atoms with Gasteiger partial charge < -0.3 is 5.11 Å². The van der Waals surface area contributed by atoms with E-state index in [1.807, 2.05) is 18.2 Å². The average Bonchev–Trinajstić information content (AvgIpc) is 3.34. The lowest BCUT2D eigenvalue weighted by Gasteiger charge is -2.24. The first kappa shape index (κ1) is 36.5. The zero-order valence-corrected chi connectivity index (χ0v) is 34.2. The van der Waals surface area contributed by atoms with Gasteiger partial charge in [0, 0.05) is 5.56 Å². The van der Waals surface area contributed by atoms with Crippen molar-refractivity contribution in [3.8, 4) is 55.6 Å². The quantitative estimate of drug-likeness (QED) is 0.182. The van der Waals surface area contributed by atoms with Crippen LogP contribution in [0.1, 0.15) is 10.4 Å². The standard InChI is InChI=1S/C61H38O2/c62-61(63)55-37-32-43-19-6-12-26-49(43)60(55)59-48-25-11-5-18-42(48)31-36-54(59)58-47-24-10-4-17-41(47)30-35-53(58)57-46-23-9-3-16-40(46)29-34-52(57)56-45-22-8-2-15-39(45)28-33-51(56)50-27-13-20-38-14-1-7-21-44(38)50/h1-37H,(H,62,63). The molecule has 0 atom stereocenters. The Kier molecular flexibility index (Phi) is 8.52. The third kappa shape index (κ3) is 5.84. The van der Waals surface area contributed by atoms with E-state index in [0.717, 1.165) is 87.6 Å². The van der Waals surface area contributed by atoms with E-state index < -0.39 is 5.97 Å². The van der Waals surface area contributed by atoms with Crippen LogP contribution in [0.15, 0.2) is 224 Å². The van der Waals surface area contributed by atoms with Crippen LogP contribution in [0, 0.1) is 0 Å². The smallest absolute Gasteiger partial charge is 0.336 e. The van der Waals surface area contributed by atoms with E-state index >= 15 is 0 Å². The van der Waals surface area contributed by atoms with Gasteiger partial charge >= 0.3 is 5.97 Å². The predicted molar refractivity (Wildman–Crippen MR) is 266 cm³/mol. The maximum Gasteiger partial charge on any atom is 0.336 e. The highest BCUT2D eigenvalue weighted by Crippen LogP contribution is 2.52. The second kappa shape index (κ2) is 14.7. The van der Waals surface area contributed by atoms with Crippen LogP contribution in [0.4, 0.5) is 0 Å². The Hall–Kier alpha value is -8.33. The molecule has 12 aromatic carbocycles. The van der Waals surface area contributed by atoms with Crippen LogP contribution in [0.25, 0.3) is 120 Å². The maximum atomic E-state index is 13.4. The summed E-state index contributed by atoms with van der Waals surface area (Å²) in [6.45, 7) is 0. The van der Waals surface area contributed by atoms with E-state index in [1.165, 1.54) is 32.7 Å². The van der Waals surface area contributed by atoms with Crippen molar-refractivity contribution in [1.82, 2.24) is 0 Å². The fourth-order valence-electron chi connectivity index (χ4n) is 10.3. The van der Waals surface area contributed by atoms with Gasteiger partial charge in [0.2, 0.25) is 0 Å². The Bertz CT molecular complexity index is 3830. The first-order valence-electron chi connectivity index (χ1n) is 21.4. The number of rotatable bonds is 6. The van der Waals surface area contributed by atoms with Gasteiger partial charge in [-0.3, -0.25) is 0 Å². The van der Waals surface area contributed by atoms with E-state index in [2.05, 4.69) is 200 Å². The number of aromatic carboxylic acids is 1. The number of carboxylic acid groups (broad SMARTS) is 1. The number of carboxylic acids is 1. The molecular formula is C61H38O2. The highest BCUT2D eigenvalue weighted by molar-refractivity contribution is 6.22. The minimum Gasteiger partial charge on any atom is -0.478 e. The van der Waals surface area contributed by atoms with Crippen LogP contribution in [0.3, 0.4) is 0 Å². The maximum absolute atomic E-state index is 13.4. The second-order valence-corrected chi connectivity index (χ2v) is 16.4. The SMILES string of the molecule is O=C(O)c1ccc2ccccc2c1-c1c(-c2c(-c3c(-c4c(-c5cccc6ccccc56)ccc5ccccc45)ccc4ccccc34)ccc3ccccc23)ccc2ccccc12. The van der Waals surface area contributed by atoms with Crippen LogP contribution >= 0.6 is 0 Å². The Labute approximate surface area is 364 Å². The molecule has 1 N–H and O–H groups in total. The molecular weight excluding hydrogens is 765 g/mol. The number of carbonyl (C=O) groups is 1. The van der Waals surface area contributed by atoms with Gasteiger partial charge in [-0.2, -0.15) is 0 Å².